The highest BCUT2D eigenvalue weighted by Crippen LogP contribution is 2.38. The van der Waals surface area contributed by atoms with Crippen LogP contribution in [-0.2, 0) is 14.1 Å². The number of Topliss-reactive ketones (excluding diaryl/α,β-unsaturated/α-hetero) is 2. The van der Waals surface area contributed by atoms with Crippen molar-refractivity contribution in [2.75, 3.05) is 0 Å². The molecule has 0 amide bonds. The quantitative estimate of drug-likeness (QED) is 0.289. The van der Waals surface area contributed by atoms with Crippen molar-refractivity contribution >= 4 is 45.7 Å². The van der Waals surface area contributed by atoms with Gasteiger partial charge >= 0.3 is 7.12 Å². The Morgan fingerprint density at radius 3 is 2.00 bits per heavy atom. The van der Waals surface area contributed by atoms with Crippen LogP contribution in [0.15, 0.2) is 78.9 Å². The molecule has 0 saturated carbocycles. The van der Waals surface area contributed by atoms with Gasteiger partial charge in [-0.3, -0.25) is 9.59 Å². The molecule has 2 atom stereocenters. The predicted molar refractivity (Wildman–Crippen MR) is 111 cm³/mol. The third-order valence-electron chi connectivity index (χ3n) is 5.77. The van der Waals surface area contributed by atoms with E-state index in [1.165, 1.54) is 0 Å². The van der Waals surface area contributed by atoms with Crippen molar-refractivity contribution < 1.29 is 18.9 Å². The van der Waals surface area contributed by atoms with Gasteiger partial charge in [0.25, 0.3) is 0 Å². The summed E-state index contributed by atoms with van der Waals surface area (Å²) >= 11 is 0. The lowest BCUT2D eigenvalue weighted by Gasteiger charge is -2.37. The van der Waals surface area contributed by atoms with E-state index in [4.69, 9.17) is 9.31 Å². The Balaban J connectivity index is 1.52. The van der Waals surface area contributed by atoms with Gasteiger partial charge in [0.15, 0.2) is 17.7 Å². The Kier molecular flexibility index (Phi) is 3.51. The fourth-order valence-corrected chi connectivity index (χ4v) is 4.32. The molecule has 2 aliphatic rings. The Labute approximate surface area is 167 Å². The lowest BCUT2D eigenvalue weighted by Crippen LogP contribution is -2.56. The van der Waals surface area contributed by atoms with Gasteiger partial charge in [-0.25, -0.2) is 0 Å². The molecule has 0 aromatic heterocycles. The number of rotatable bonds is 1. The van der Waals surface area contributed by atoms with Gasteiger partial charge in [-0.1, -0.05) is 54.6 Å². The van der Waals surface area contributed by atoms with E-state index >= 15 is 0 Å². The molecule has 138 valence electrons. The first-order chi connectivity index (χ1) is 14.2. The lowest BCUT2D eigenvalue weighted by atomic mass is 9.72. The second-order valence-electron chi connectivity index (χ2n) is 7.53. The van der Waals surface area contributed by atoms with Crippen molar-refractivity contribution in [1.82, 2.24) is 0 Å². The van der Waals surface area contributed by atoms with Crippen molar-refractivity contribution in [3.63, 3.8) is 0 Å². The molecule has 4 nitrogen and oxygen atoms in total. The molecule has 5 heteroatoms. The van der Waals surface area contributed by atoms with Crippen molar-refractivity contribution in [3.8, 4) is 0 Å². The molecule has 2 unspecified atom stereocenters. The topological polar surface area (TPSA) is 52.6 Å². The van der Waals surface area contributed by atoms with Crippen LogP contribution in [-0.4, -0.2) is 24.8 Å². The summed E-state index contributed by atoms with van der Waals surface area (Å²) in [5.74, 6) is -0.615. The van der Waals surface area contributed by atoms with E-state index in [-0.39, 0.29) is 11.6 Å². The largest absolute Gasteiger partial charge is 0.495 e. The molecule has 4 aromatic rings. The fourth-order valence-electron chi connectivity index (χ4n) is 4.32. The third kappa shape index (κ3) is 2.48. The molecule has 1 heterocycles. The van der Waals surface area contributed by atoms with Crippen LogP contribution in [0.4, 0.5) is 0 Å². The van der Waals surface area contributed by atoms with E-state index in [2.05, 4.69) is 18.2 Å². The summed E-state index contributed by atoms with van der Waals surface area (Å²) in [4.78, 5) is 26.0. The van der Waals surface area contributed by atoms with Gasteiger partial charge in [-0.05, 0) is 56.8 Å². The summed E-state index contributed by atoms with van der Waals surface area (Å²) in [6.07, 6.45) is -1.92. The van der Waals surface area contributed by atoms with E-state index in [1.807, 2.05) is 60.7 Å². The molecular formula is C24H15BO4. The van der Waals surface area contributed by atoms with E-state index in [1.54, 1.807) is 0 Å². The first-order valence-electron chi connectivity index (χ1n) is 9.59. The molecule has 0 N–H and O–H groups in total. The SMILES string of the molecule is O=C1c2cc3cc4ccccc4cc3cc2C2OB(c3ccccc3)OC1C2=O. The van der Waals surface area contributed by atoms with Gasteiger partial charge in [0, 0.05) is 5.56 Å². The Bertz CT molecular complexity index is 1310. The molecule has 1 aliphatic carbocycles. The summed E-state index contributed by atoms with van der Waals surface area (Å²) < 4.78 is 11.8. The van der Waals surface area contributed by atoms with Gasteiger partial charge in [-0.15, -0.1) is 0 Å². The number of hydrogen-bond donors (Lipinski definition) is 0. The summed E-state index contributed by atoms with van der Waals surface area (Å²) in [5, 5.41) is 4.16. The number of benzene rings is 4. The van der Waals surface area contributed by atoms with Gasteiger partial charge in [0.1, 0.15) is 6.10 Å². The molecule has 0 radical (unpaired) electrons. The van der Waals surface area contributed by atoms with Gasteiger partial charge in [0.05, 0.1) is 0 Å². The molecule has 1 saturated heterocycles. The molecule has 4 aromatic carbocycles. The van der Waals surface area contributed by atoms with E-state index < -0.39 is 19.3 Å². The first kappa shape index (κ1) is 16.7. The molecular weight excluding hydrogens is 363 g/mol. The average molecular weight is 378 g/mol. The second kappa shape index (κ2) is 6.11. The highest BCUT2D eigenvalue weighted by molar-refractivity contribution is 6.62. The average Bonchev–Trinajstić information content (AvgIpc) is 2.76. The van der Waals surface area contributed by atoms with E-state index in [0.29, 0.717) is 11.1 Å². The fraction of sp³-hybridized carbons (Fsp3) is 0.0833. The summed E-state index contributed by atoms with van der Waals surface area (Å²) in [6, 6.07) is 25.4. The van der Waals surface area contributed by atoms with Gasteiger partial charge in [0.2, 0.25) is 0 Å². The van der Waals surface area contributed by atoms with E-state index in [9.17, 15) is 9.59 Å². The first-order valence-corrected chi connectivity index (χ1v) is 9.59. The van der Waals surface area contributed by atoms with Crippen molar-refractivity contribution in [2.45, 2.75) is 12.2 Å². The number of hydrogen-bond acceptors (Lipinski definition) is 4. The summed E-state index contributed by atoms with van der Waals surface area (Å²) in [7, 11) is -0.742. The van der Waals surface area contributed by atoms with Gasteiger partial charge < -0.3 is 9.31 Å². The van der Waals surface area contributed by atoms with Crippen LogP contribution in [0.2, 0.25) is 0 Å². The van der Waals surface area contributed by atoms with Gasteiger partial charge in [-0.2, -0.15) is 0 Å². The highest BCUT2D eigenvalue weighted by atomic mass is 16.6. The van der Waals surface area contributed by atoms with Crippen molar-refractivity contribution in [1.29, 1.82) is 0 Å². The molecule has 1 aliphatic heterocycles. The zero-order chi connectivity index (χ0) is 19.5. The highest BCUT2D eigenvalue weighted by Gasteiger charge is 2.50. The zero-order valence-corrected chi connectivity index (χ0v) is 15.4. The Morgan fingerprint density at radius 2 is 1.28 bits per heavy atom. The minimum Gasteiger partial charge on any atom is -0.393 e. The minimum absolute atomic E-state index is 0.291. The van der Waals surface area contributed by atoms with E-state index in [0.717, 1.165) is 27.0 Å². The van der Waals surface area contributed by atoms with Crippen molar-refractivity contribution in [3.05, 3.63) is 90.0 Å². The zero-order valence-electron chi connectivity index (χ0n) is 15.4. The van der Waals surface area contributed by atoms with Crippen molar-refractivity contribution in [2.24, 2.45) is 0 Å². The Hall–Kier alpha value is -3.28. The van der Waals surface area contributed by atoms with Crippen LogP contribution >= 0.6 is 0 Å². The molecule has 2 bridgehead atoms. The number of ketones is 2. The maximum atomic E-state index is 13.1. The number of fused-ring (bicyclic) bond motifs is 6. The smallest absolute Gasteiger partial charge is 0.393 e. The third-order valence-corrected chi connectivity index (χ3v) is 5.77. The molecule has 1 fully saturated rings. The standard InChI is InChI=1S/C24H15BO4/c26-21-19-12-16-10-14-6-4-5-7-15(14)11-17(16)13-20(19)23-22(27)24(21)29-25(28-23)18-8-2-1-3-9-18/h1-13,23-24H. The van der Waals surface area contributed by atoms with Crippen LogP contribution in [0.3, 0.4) is 0 Å². The molecule has 29 heavy (non-hydrogen) atoms. The van der Waals surface area contributed by atoms with Crippen LogP contribution < -0.4 is 5.46 Å². The molecule has 0 spiro atoms. The van der Waals surface area contributed by atoms with Crippen LogP contribution in [0.1, 0.15) is 22.0 Å². The normalized spacial score (nSPS) is 20.9. The number of carbonyl (C=O) groups is 2. The second-order valence-corrected chi connectivity index (χ2v) is 7.53. The Morgan fingerprint density at radius 1 is 0.655 bits per heavy atom. The number of carbonyl (C=O) groups excluding carboxylic acids is 2. The summed E-state index contributed by atoms with van der Waals surface area (Å²) in [5.41, 5.74) is 1.93. The maximum absolute atomic E-state index is 13.1. The lowest BCUT2D eigenvalue weighted by molar-refractivity contribution is -0.138. The molecule has 6 rings (SSSR count). The monoisotopic (exact) mass is 378 g/mol. The summed E-state index contributed by atoms with van der Waals surface area (Å²) in [6.45, 7) is 0. The van der Waals surface area contributed by atoms with Crippen LogP contribution in [0, 0.1) is 0 Å². The predicted octanol–water partition coefficient (Wildman–Crippen LogP) is 3.61. The van der Waals surface area contributed by atoms with Crippen LogP contribution in [0.25, 0.3) is 21.5 Å². The minimum atomic E-state index is -1.12. The maximum Gasteiger partial charge on any atom is 0.495 e. The van der Waals surface area contributed by atoms with Crippen LogP contribution in [0.5, 0.6) is 0 Å².